The highest BCUT2D eigenvalue weighted by atomic mass is 16.5. The van der Waals surface area contributed by atoms with Crippen LogP contribution in [-0.4, -0.2) is 26.9 Å². The minimum atomic E-state index is 0.761. The third kappa shape index (κ3) is 9.91. The van der Waals surface area contributed by atoms with Crippen LogP contribution >= 0.6 is 0 Å². The molecule has 0 saturated heterocycles. The van der Waals surface area contributed by atoms with Crippen molar-refractivity contribution in [1.82, 2.24) is 0 Å². The van der Waals surface area contributed by atoms with Gasteiger partial charge in [0.25, 0.3) is 0 Å². The van der Waals surface area contributed by atoms with E-state index in [1.165, 1.54) is 0 Å². The predicted molar refractivity (Wildman–Crippen MR) is 125 cm³/mol. The Labute approximate surface area is 183 Å². The lowest BCUT2D eigenvalue weighted by atomic mass is 10.2. The maximum absolute atomic E-state index is 5.81. The Bertz CT molecular complexity index is 684. The van der Waals surface area contributed by atoms with Crippen LogP contribution < -0.4 is 18.9 Å². The van der Waals surface area contributed by atoms with E-state index in [4.69, 9.17) is 18.9 Å². The molecule has 4 heteroatoms. The minimum absolute atomic E-state index is 0.761. The minimum Gasteiger partial charge on any atom is -0.493 e. The summed E-state index contributed by atoms with van der Waals surface area (Å²) in [7, 11) is 1.65. The molecule has 0 aliphatic rings. The summed E-state index contributed by atoms with van der Waals surface area (Å²) in [6, 6.07) is 13.8. The van der Waals surface area contributed by atoms with Gasteiger partial charge in [-0.2, -0.15) is 0 Å². The van der Waals surface area contributed by atoms with Gasteiger partial charge in [0.2, 0.25) is 0 Å². The van der Waals surface area contributed by atoms with Crippen LogP contribution in [0.1, 0.15) is 64.9 Å². The predicted octanol–water partition coefficient (Wildman–Crippen LogP) is 7.23. The molecule has 2 aromatic rings. The molecule has 0 bridgehead atoms. The zero-order valence-electron chi connectivity index (χ0n) is 19.5. The molecule has 2 rings (SSSR count). The van der Waals surface area contributed by atoms with Gasteiger partial charge < -0.3 is 18.9 Å². The molecule has 0 N–H and O–H groups in total. The summed E-state index contributed by atoms with van der Waals surface area (Å²) in [5.41, 5.74) is 1.15. The molecule has 168 valence electrons. The first-order valence-corrected chi connectivity index (χ1v) is 11.3. The molecule has 0 aliphatic heterocycles. The molecule has 0 spiro atoms. The molecule has 0 aromatic heterocycles. The van der Waals surface area contributed by atoms with Gasteiger partial charge in [0.15, 0.2) is 23.0 Å². The molecule has 0 aliphatic carbocycles. The highest BCUT2D eigenvalue weighted by Crippen LogP contribution is 2.31. The zero-order chi connectivity index (χ0) is 22.0. The van der Waals surface area contributed by atoms with Crippen molar-refractivity contribution >= 4 is 0 Å². The van der Waals surface area contributed by atoms with Crippen LogP contribution in [0.25, 0.3) is 0 Å². The largest absolute Gasteiger partial charge is 0.493 e. The average Bonchev–Trinajstić information content (AvgIpc) is 2.77. The summed E-state index contributed by atoms with van der Waals surface area (Å²) >= 11 is 0. The average molecular weight is 417 g/mol. The Kier molecular flexibility index (Phi) is 14.1. The first kappa shape index (κ1) is 25.7. The molecule has 0 heterocycles. The van der Waals surface area contributed by atoms with Crippen LogP contribution in [0.5, 0.6) is 23.0 Å². The second kappa shape index (κ2) is 16.4. The molecule has 4 nitrogen and oxygen atoms in total. The van der Waals surface area contributed by atoms with Crippen LogP contribution in [-0.2, 0) is 0 Å². The van der Waals surface area contributed by atoms with Crippen LogP contribution in [0.3, 0.4) is 0 Å². The third-order valence-corrected chi connectivity index (χ3v) is 4.50. The lowest BCUT2D eigenvalue weighted by Gasteiger charge is -2.14. The Balaban J connectivity index is 0.000000311. The summed E-state index contributed by atoms with van der Waals surface area (Å²) in [5, 5.41) is 0. The number of methoxy groups -OCH3 is 1. The van der Waals surface area contributed by atoms with Gasteiger partial charge in [-0.1, -0.05) is 64.3 Å². The Hall–Kier alpha value is -2.36. The number of rotatable bonds is 13. The number of hydrogen-bond donors (Lipinski definition) is 0. The van der Waals surface area contributed by atoms with E-state index < -0.39 is 0 Å². The molecule has 0 atom stereocenters. The lowest BCUT2D eigenvalue weighted by Crippen LogP contribution is -2.03. The van der Waals surface area contributed by atoms with Crippen LogP contribution in [0, 0.1) is 6.92 Å². The van der Waals surface area contributed by atoms with E-state index in [1.807, 2.05) is 36.4 Å². The molecule has 2 aromatic carbocycles. The molecule has 30 heavy (non-hydrogen) atoms. The van der Waals surface area contributed by atoms with Crippen molar-refractivity contribution in [1.29, 1.82) is 0 Å². The second-order valence-electron chi connectivity index (χ2n) is 7.16. The van der Waals surface area contributed by atoms with E-state index in [0.717, 1.165) is 86.9 Å². The topological polar surface area (TPSA) is 36.9 Å². The summed E-state index contributed by atoms with van der Waals surface area (Å²) in [6.45, 7) is 10.8. The second-order valence-corrected chi connectivity index (χ2v) is 7.16. The number of unbranched alkanes of at least 4 members (excludes halogenated alkanes) is 3. The first-order valence-electron chi connectivity index (χ1n) is 11.3. The number of aryl methyl sites for hydroxylation is 1. The summed E-state index contributed by atoms with van der Waals surface area (Å²) in [6.07, 6.45) is 6.70. The van der Waals surface area contributed by atoms with E-state index in [0.29, 0.717) is 0 Å². The van der Waals surface area contributed by atoms with Crippen molar-refractivity contribution in [3.05, 3.63) is 48.0 Å². The highest BCUT2D eigenvalue weighted by Gasteiger charge is 2.07. The van der Waals surface area contributed by atoms with Crippen molar-refractivity contribution in [2.24, 2.45) is 0 Å². The summed E-state index contributed by atoms with van der Waals surface area (Å²) in [5.74, 6) is 3.43. The standard InChI is InChI=1S/C15H24O2.C11H16O2/c1-4-6-11-16-14-10-8-9-13(3)15(14)17-12-7-5-2;1-3-4-9-13-11-8-6-5-7-10(11)12-2/h8-10H,4-7,11-12H2,1-3H3;5-8H,3-4,9H2,1-2H3. The van der Waals surface area contributed by atoms with E-state index in [2.05, 4.69) is 33.8 Å². The highest BCUT2D eigenvalue weighted by molar-refractivity contribution is 5.45. The van der Waals surface area contributed by atoms with Crippen LogP contribution in [0.4, 0.5) is 0 Å². The zero-order valence-corrected chi connectivity index (χ0v) is 19.5. The number of ether oxygens (including phenoxy) is 4. The number of benzene rings is 2. The fraction of sp³-hybridized carbons (Fsp3) is 0.538. The van der Waals surface area contributed by atoms with Crippen molar-refractivity contribution in [3.63, 3.8) is 0 Å². The Morgan fingerprint density at radius 1 is 0.600 bits per heavy atom. The van der Waals surface area contributed by atoms with Crippen LogP contribution in [0.15, 0.2) is 42.5 Å². The number of hydrogen-bond acceptors (Lipinski definition) is 4. The van der Waals surface area contributed by atoms with E-state index in [-0.39, 0.29) is 0 Å². The van der Waals surface area contributed by atoms with E-state index >= 15 is 0 Å². The first-order chi connectivity index (χ1) is 14.7. The molecular formula is C26H40O4. The van der Waals surface area contributed by atoms with E-state index in [1.54, 1.807) is 7.11 Å². The van der Waals surface area contributed by atoms with Crippen LogP contribution in [0.2, 0.25) is 0 Å². The summed E-state index contributed by atoms with van der Waals surface area (Å²) in [4.78, 5) is 0. The van der Waals surface area contributed by atoms with Gasteiger partial charge in [-0.15, -0.1) is 0 Å². The van der Waals surface area contributed by atoms with Crippen molar-refractivity contribution in [2.45, 2.75) is 66.2 Å². The maximum atomic E-state index is 5.81. The van der Waals surface area contributed by atoms with Gasteiger partial charge in [0, 0.05) is 0 Å². The van der Waals surface area contributed by atoms with Gasteiger partial charge >= 0.3 is 0 Å². The van der Waals surface area contributed by atoms with Crippen molar-refractivity contribution in [3.8, 4) is 23.0 Å². The maximum Gasteiger partial charge on any atom is 0.164 e. The summed E-state index contributed by atoms with van der Waals surface area (Å²) < 4.78 is 22.3. The van der Waals surface area contributed by atoms with Gasteiger partial charge in [-0.05, 0) is 49.9 Å². The normalized spacial score (nSPS) is 10.0. The molecule has 0 unspecified atom stereocenters. The van der Waals surface area contributed by atoms with E-state index in [9.17, 15) is 0 Å². The monoisotopic (exact) mass is 416 g/mol. The van der Waals surface area contributed by atoms with Gasteiger partial charge in [-0.25, -0.2) is 0 Å². The van der Waals surface area contributed by atoms with Gasteiger partial charge in [-0.3, -0.25) is 0 Å². The quantitative estimate of drug-likeness (QED) is 0.323. The molecule has 0 radical (unpaired) electrons. The van der Waals surface area contributed by atoms with Crippen molar-refractivity contribution < 1.29 is 18.9 Å². The Morgan fingerprint density at radius 3 is 1.67 bits per heavy atom. The smallest absolute Gasteiger partial charge is 0.164 e. The van der Waals surface area contributed by atoms with Crippen molar-refractivity contribution in [2.75, 3.05) is 26.9 Å². The Morgan fingerprint density at radius 2 is 1.10 bits per heavy atom. The molecular weight excluding hydrogens is 376 g/mol. The van der Waals surface area contributed by atoms with Gasteiger partial charge in [0.05, 0.1) is 26.9 Å². The fourth-order valence-corrected chi connectivity index (χ4v) is 2.63. The SMILES string of the molecule is CCCCOc1cccc(C)c1OCCCC.CCCCOc1ccccc1OC. The molecule has 0 saturated carbocycles. The fourth-order valence-electron chi connectivity index (χ4n) is 2.63. The number of para-hydroxylation sites is 3. The molecule has 0 amide bonds. The molecule has 0 fully saturated rings. The lowest BCUT2D eigenvalue weighted by molar-refractivity contribution is 0.260. The third-order valence-electron chi connectivity index (χ3n) is 4.50. The van der Waals surface area contributed by atoms with Gasteiger partial charge in [0.1, 0.15) is 0 Å².